The number of imidazole rings is 1. The molecule has 0 atom stereocenters. The predicted molar refractivity (Wildman–Crippen MR) is 126 cm³/mol. The molecule has 1 aromatic heterocycles. The van der Waals surface area contributed by atoms with Crippen LogP contribution in [0.4, 0.5) is 0 Å². The Morgan fingerprint density at radius 3 is 2.52 bits per heavy atom. The Kier molecular flexibility index (Phi) is 7.55. The zero-order valence-electron chi connectivity index (χ0n) is 17.9. The van der Waals surface area contributed by atoms with Gasteiger partial charge in [-0.15, -0.1) is 0 Å². The fourth-order valence-electron chi connectivity index (χ4n) is 4.44. The van der Waals surface area contributed by atoms with E-state index in [0.717, 1.165) is 19.4 Å². The van der Waals surface area contributed by atoms with E-state index in [1.165, 1.54) is 44.5 Å². The molecule has 0 radical (unpaired) electrons. The van der Waals surface area contributed by atoms with Crippen molar-refractivity contribution in [3.8, 4) is 0 Å². The van der Waals surface area contributed by atoms with Crippen molar-refractivity contribution in [1.82, 2.24) is 14.5 Å². The molecular weight excluding hydrogens is 406 g/mol. The first-order chi connectivity index (χ1) is 15.2. The number of rotatable bonds is 9. The van der Waals surface area contributed by atoms with Gasteiger partial charge in [-0.05, 0) is 75.4 Å². The number of piperidine rings is 1. The smallest absolute Gasteiger partial charge is 0.229 e. The van der Waals surface area contributed by atoms with Gasteiger partial charge in [-0.1, -0.05) is 54.1 Å². The molecule has 162 valence electrons. The maximum absolute atomic E-state index is 12.9. The largest absolute Gasteiger partial charge is 0.328 e. The Hall–Kier alpha value is -2.43. The Morgan fingerprint density at radius 2 is 1.74 bits per heavy atom. The Labute approximate surface area is 189 Å². The van der Waals surface area contributed by atoms with Gasteiger partial charge in [0.15, 0.2) is 5.82 Å². The number of carbonyl (C=O) groups is 1. The maximum atomic E-state index is 12.9. The van der Waals surface area contributed by atoms with Crippen molar-refractivity contribution in [1.29, 1.82) is 0 Å². The predicted octanol–water partition coefficient (Wildman–Crippen LogP) is 5.50. The molecule has 1 aliphatic heterocycles. The zero-order chi connectivity index (χ0) is 21.5. The molecule has 0 bridgehead atoms. The molecule has 4 nitrogen and oxygen atoms in total. The number of hydrogen-bond donors (Lipinski definition) is 0. The van der Waals surface area contributed by atoms with Crippen LogP contribution in [-0.2, 0) is 13.0 Å². The van der Waals surface area contributed by atoms with Crippen molar-refractivity contribution < 1.29 is 4.79 Å². The summed E-state index contributed by atoms with van der Waals surface area (Å²) in [4.78, 5) is 19.8. The number of halogens is 1. The second-order valence-corrected chi connectivity index (χ2v) is 8.82. The molecular formula is C26H30ClN3O. The monoisotopic (exact) mass is 435 g/mol. The van der Waals surface area contributed by atoms with Crippen LogP contribution >= 0.6 is 11.6 Å². The normalized spacial score (nSPS) is 15.3. The fourth-order valence-corrected chi connectivity index (χ4v) is 4.66. The lowest BCUT2D eigenvalue weighted by Crippen LogP contribution is -2.34. The number of benzene rings is 2. The zero-order valence-corrected chi connectivity index (χ0v) is 18.7. The molecule has 1 aliphatic rings. The average molecular weight is 436 g/mol. The van der Waals surface area contributed by atoms with Crippen molar-refractivity contribution in [2.75, 3.05) is 19.6 Å². The van der Waals surface area contributed by atoms with E-state index in [-0.39, 0.29) is 5.78 Å². The first kappa shape index (κ1) is 21.8. The van der Waals surface area contributed by atoms with E-state index < -0.39 is 0 Å². The number of aromatic nitrogens is 2. The molecule has 0 saturated carbocycles. The van der Waals surface area contributed by atoms with E-state index in [9.17, 15) is 4.79 Å². The molecule has 2 heterocycles. The summed E-state index contributed by atoms with van der Waals surface area (Å²) in [5.74, 6) is 1.08. The molecule has 3 aromatic rings. The van der Waals surface area contributed by atoms with E-state index in [1.54, 1.807) is 18.3 Å². The molecule has 0 N–H and O–H groups in total. The van der Waals surface area contributed by atoms with Crippen LogP contribution in [0.3, 0.4) is 0 Å². The molecule has 1 fully saturated rings. The highest BCUT2D eigenvalue weighted by Gasteiger charge is 2.21. The topological polar surface area (TPSA) is 38.1 Å². The van der Waals surface area contributed by atoms with Crippen LogP contribution in [0.2, 0.25) is 5.02 Å². The van der Waals surface area contributed by atoms with Crippen molar-refractivity contribution in [3.63, 3.8) is 0 Å². The van der Waals surface area contributed by atoms with Gasteiger partial charge in [0.05, 0.1) is 5.02 Å². The van der Waals surface area contributed by atoms with Crippen LogP contribution < -0.4 is 0 Å². The quantitative estimate of drug-likeness (QED) is 0.416. The van der Waals surface area contributed by atoms with Gasteiger partial charge in [-0.2, -0.15) is 0 Å². The highest BCUT2D eigenvalue weighted by molar-refractivity contribution is 6.34. The number of likely N-dealkylation sites (tertiary alicyclic amines) is 1. The summed E-state index contributed by atoms with van der Waals surface area (Å²) in [6.45, 7) is 4.35. The third-order valence-electron chi connectivity index (χ3n) is 6.31. The molecule has 1 saturated heterocycles. The van der Waals surface area contributed by atoms with Gasteiger partial charge in [-0.25, -0.2) is 4.98 Å². The fraction of sp³-hybridized carbons (Fsp3) is 0.385. The number of carbonyl (C=O) groups excluding carboxylic acids is 1. The molecule has 0 spiro atoms. The standard InChI is InChI=1S/C26H30ClN3O/c27-24-11-5-4-10-23(24)25(31)26-28-15-20-30(26)19-14-22-12-17-29(18-13-22)16-6-9-21-7-2-1-3-8-21/h1-5,7-8,10-11,15,20,22H,6,9,12-14,16-19H2. The van der Waals surface area contributed by atoms with Crippen molar-refractivity contribution in [2.45, 2.75) is 38.6 Å². The Balaban J connectivity index is 1.22. The third kappa shape index (κ3) is 5.84. The minimum absolute atomic E-state index is 0.108. The lowest BCUT2D eigenvalue weighted by molar-refractivity contribution is 0.102. The lowest BCUT2D eigenvalue weighted by atomic mass is 9.93. The first-order valence-electron chi connectivity index (χ1n) is 11.3. The van der Waals surface area contributed by atoms with Gasteiger partial charge in [0.25, 0.3) is 0 Å². The van der Waals surface area contributed by atoms with Gasteiger partial charge in [0.1, 0.15) is 0 Å². The maximum Gasteiger partial charge on any atom is 0.229 e. The van der Waals surface area contributed by atoms with E-state index in [0.29, 0.717) is 22.3 Å². The molecule has 31 heavy (non-hydrogen) atoms. The van der Waals surface area contributed by atoms with E-state index >= 15 is 0 Å². The summed E-state index contributed by atoms with van der Waals surface area (Å²) < 4.78 is 1.98. The van der Waals surface area contributed by atoms with Crippen molar-refractivity contribution in [2.24, 2.45) is 5.92 Å². The minimum Gasteiger partial charge on any atom is -0.328 e. The van der Waals surface area contributed by atoms with Crippen molar-refractivity contribution in [3.05, 3.63) is 89.0 Å². The summed E-state index contributed by atoms with van der Waals surface area (Å²) in [6.07, 6.45) is 9.53. The summed E-state index contributed by atoms with van der Waals surface area (Å²) in [7, 11) is 0. The van der Waals surface area contributed by atoms with Crippen LogP contribution in [0.15, 0.2) is 67.0 Å². The molecule has 2 aromatic carbocycles. The van der Waals surface area contributed by atoms with Crippen LogP contribution in [0, 0.1) is 5.92 Å². The molecule has 5 heteroatoms. The second kappa shape index (κ2) is 10.7. The third-order valence-corrected chi connectivity index (χ3v) is 6.63. The Bertz CT molecular complexity index is 977. The second-order valence-electron chi connectivity index (χ2n) is 8.42. The summed E-state index contributed by atoms with van der Waals surface area (Å²) in [5, 5.41) is 0.474. The summed E-state index contributed by atoms with van der Waals surface area (Å²) in [6, 6.07) is 17.9. The number of aryl methyl sites for hydroxylation is 2. The van der Waals surface area contributed by atoms with Gasteiger partial charge >= 0.3 is 0 Å². The Morgan fingerprint density at radius 1 is 1.00 bits per heavy atom. The summed E-state index contributed by atoms with van der Waals surface area (Å²) >= 11 is 6.21. The number of hydrogen-bond acceptors (Lipinski definition) is 3. The van der Waals surface area contributed by atoms with Crippen LogP contribution in [0.25, 0.3) is 0 Å². The molecule has 0 amide bonds. The molecule has 0 unspecified atom stereocenters. The van der Waals surface area contributed by atoms with Gasteiger partial charge in [0.2, 0.25) is 5.78 Å². The van der Waals surface area contributed by atoms with Crippen molar-refractivity contribution >= 4 is 17.4 Å². The first-order valence-corrected chi connectivity index (χ1v) is 11.6. The van der Waals surface area contributed by atoms with E-state index in [2.05, 4.69) is 40.2 Å². The number of ketones is 1. The summed E-state index contributed by atoms with van der Waals surface area (Å²) in [5.41, 5.74) is 1.94. The SMILES string of the molecule is O=C(c1ccccc1Cl)c1nccn1CCC1CCN(CCCc2ccccc2)CC1. The van der Waals surface area contributed by atoms with Gasteiger partial charge in [0, 0.05) is 24.5 Å². The lowest BCUT2D eigenvalue weighted by Gasteiger charge is -2.32. The van der Waals surface area contributed by atoms with Gasteiger partial charge < -0.3 is 9.47 Å². The average Bonchev–Trinajstić information content (AvgIpc) is 3.28. The molecule has 4 rings (SSSR count). The van der Waals surface area contributed by atoms with Crippen LogP contribution in [0.1, 0.15) is 47.4 Å². The highest BCUT2D eigenvalue weighted by Crippen LogP contribution is 2.23. The van der Waals surface area contributed by atoms with E-state index in [4.69, 9.17) is 11.6 Å². The van der Waals surface area contributed by atoms with Crippen LogP contribution in [0.5, 0.6) is 0 Å². The molecule has 0 aliphatic carbocycles. The van der Waals surface area contributed by atoms with Crippen LogP contribution in [-0.4, -0.2) is 39.9 Å². The van der Waals surface area contributed by atoms with E-state index in [1.807, 2.05) is 22.9 Å². The highest BCUT2D eigenvalue weighted by atomic mass is 35.5. The minimum atomic E-state index is -0.108. The van der Waals surface area contributed by atoms with Gasteiger partial charge in [-0.3, -0.25) is 4.79 Å². The number of nitrogens with zero attached hydrogens (tertiary/aromatic N) is 3.